The third kappa shape index (κ3) is 6.90. The molecule has 1 aliphatic heterocycles. The second-order valence-electron chi connectivity index (χ2n) is 7.50. The van der Waals surface area contributed by atoms with Gasteiger partial charge in [-0.2, -0.15) is 0 Å². The highest BCUT2D eigenvalue weighted by atomic mass is 127. The number of hydrogen-bond acceptors (Lipinski definition) is 4. The van der Waals surface area contributed by atoms with Gasteiger partial charge in [-0.15, -0.1) is 34.2 Å². The van der Waals surface area contributed by atoms with Crippen molar-refractivity contribution in [1.82, 2.24) is 30.3 Å². The largest absolute Gasteiger partial charge is 0.356 e. The zero-order valence-electron chi connectivity index (χ0n) is 18.1. The summed E-state index contributed by atoms with van der Waals surface area (Å²) in [7, 11) is 1.95. The van der Waals surface area contributed by atoms with Gasteiger partial charge in [0.05, 0.1) is 0 Å². The average Bonchev–Trinajstić information content (AvgIpc) is 3.31. The summed E-state index contributed by atoms with van der Waals surface area (Å²) in [6, 6.07) is 7.18. The molecular weight excluding hydrogens is 496 g/mol. The van der Waals surface area contributed by atoms with Gasteiger partial charge in [0.25, 0.3) is 0 Å². The van der Waals surface area contributed by atoms with Crippen molar-refractivity contribution in [1.29, 1.82) is 0 Å². The number of hydrogen-bond donors (Lipinski definition) is 2. The molecule has 2 N–H and O–H groups in total. The standard InChI is InChI=1S/C21H32FN7.HI/c1-4-29-13-5-6-19(29)14-24-21(25-15-20-27-26-16(2)28(20)3)23-12-11-17-7-9-18(22)10-8-17;/h7-10,19H,4-6,11-15H2,1-3H3,(H2,23,24,25);1H. The first kappa shape index (κ1) is 24.5. The zero-order valence-corrected chi connectivity index (χ0v) is 20.4. The minimum atomic E-state index is -0.207. The third-order valence-corrected chi connectivity index (χ3v) is 5.59. The van der Waals surface area contributed by atoms with E-state index >= 15 is 0 Å². The van der Waals surface area contributed by atoms with Gasteiger partial charge in [0.1, 0.15) is 18.2 Å². The number of aromatic nitrogens is 3. The van der Waals surface area contributed by atoms with E-state index in [2.05, 4.69) is 32.7 Å². The first-order chi connectivity index (χ1) is 14.1. The molecule has 1 atom stereocenters. The molecule has 1 saturated heterocycles. The first-order valence-electron chi connectivity index (χ1n) is 10.4. The van der Waals surface area contributed by atoms with Crippen LogP contribution in [0.4, 0.5) is 4.39 Å². The molecule has 1 aliphatic rings. The molecule has 2 heterocycles. The number of halogens is 2. The Labute approximate surface area is 195 Å². The fourth-order valence-electron chi connectivity index (χ4n) is 3.65. The van der Waals surface area contributed by atoms with Gasteiger partial charge in [0, 0.05) is 26.2 Å². The second kappa shape index (κ2) is 12.2. The van der Waals surface area contributed by atoms with Crippen LogP contribution in [0.5, 0.6) is 0 Å². The predicted molar refractivity (Wildman–Crippen MR) is 129 cm³/mol. The van der Waals surface area contributed by atoms with Gasteiger partial charge in [-0.25, -0.2) is 9.38 Å². The van der Waals surface area contributed by atoms with Crippen LogP contribution in [0, 0.1) is 12.7 Å². The van der Waals surface area contributed by atoms with Gasteiger partial charge >= 0.3 is 0 Å². The van der Waals surface area contributed by atoms with Crippen molar-refractivity contribution in [2.24, 2.45) is 12.0 Å². The molecule has 0 spiro atoms. The van der Waals surface area contributed by atoms with Crippen LogP contribution < -0.4 is 10.6 Å². The molecular formula is C21H33FIN7. The van der Waals surface area contributed by atoms with Crippen LogP contribution in [0.3, 0.4) is 0 Å². The summed E-state index contributed by atoms with van der Waals surface area (Å²) in [6.45, 7) is 8.45. The Morgan fingerprint density at radius 3 is 2.67 bits per heavy atom. The van der Waals surface area contributed by atoms with Crippen LogP contribution in [0.2, 0.25) is 0 Å². The van der Waals surface area contributed by atoms with E-state index in [4.69, 9.17) is 4.99 Å². The number of nitrogens with one attached hydrogen (secondary N) is 2. The predicted octanol–water partition coefficient (Wildman–Crippen LogP) is 2.64. The highest BCUT2D eigenvalue weighted by molar-refractivity contribution is 14.0. The lowest BCUT2D eigenvalue weighted by Crippen LogP contribution is -2.45. The molecule has 0 aliphatic carbocycles. The number of nitrogens with zero attached hydrogens (tertiary/aromatic N) is 5. The molecule has 0 saturated carbocycles. The minimum absolute atomic E-state index is 0. The Balaban J connectivity index is 0.00000320. The van der Waals surface area contributed by atoms with Crippen molar-refractivity contribution in [3.8, 4) is 0 Å². The summed E-state index contributed by atoms with van der Waals surface area (Å²) in [6.07, 6.45) is 3.27. The summed E-state index contributed by atoms with van der Waals surface area (Å²) >= 11 is 0. The maximum Gasteiger partial charge on any atom is 0.191 e. The normalized spacial score (nSPS) is 17.1. The van der Waals surface area contributed by atoms with Crippen molar-refractivity contribution >= 4 is 29.9 Å². The number of rotatable bonds is 8. The van der Waals surface area contributed by atoms with Crippen LogP contribution >= 0.6 is 24.0 Å². The number of likely N-dealkylation sites (N-methyl/N-ethyl adjacent to an activating group) is 1. The maximum atomic E-state index is 13.1. The van der Waals surface area contributed by atoms with E-state index in [0.717, 1.165) is 49.2 Å². The molecule has 0 bridgehead atoms. The number of benzene rings is 1. The lowest BCUT2D eigenvalue weighted by atomic mass is 10.1. The van der Waals surface area contributed by atoms with Crippen molar-refractivity contribution in [2.75, 3.05) is 26.2 Å². The van der Waals surface area contributed by atoms with Crippen LogP contribution in [0.1, 0.15) is 37.0 Å². The van der Waals surface area contributed by atoms with E-state index in [1.807, 2.05) is 30.7 Å². The van der Waals surface area contributed by atoms with E-state index in [1.54, 1.807) is 0 Å². The molecule has 7 nitrogen and oxygen atoms in total. The molecule has 1 aromatic carbocycles. The maximum absolute atomic E-state index is 13.1. The van der Waals surface area contributed by atoms with Crippen molar-refractivity contribution in [2.45, 2.75) is 45.7 Å². The van der Waals surface area contributed by atoms with Gasteiger partial charge in [0.15, 0.2) is 11.8 Å². The smallest absolute Gasteiger partial charge is 0.191 e. The highest BCUT2D eigenvalue weighted by Crippen LogP contribution is 2.15. The van der Waals surface area contributed by atoms with Crippen molar-refractivity contribution in [3.05, 3.63) is 47.3 Å². The SMILES string of the molecule is CCN1CCCC1CNC(=NCc1nnc(C)n1C)NCCc1ccc(F)cc1.I. The molecule has 166 valence electrons. The second-order valence-corrected chi connectivity index (χ2v) is 7.50. The molecule has 0 amide bonds. The fourth-order valence-corrected chi connectivity index (χ4v) is 3.65. The molecule has 1 unspecified atom stereocenters. The minimum Gasteiger partial charge on any atom is -0.356 e. The molecule has 1 fully saturated rings. The van der Waals surface area contributed by atoms with Gasteiger partial charge < -0.3 is 15.2 Å². The quantitative estimate of drug-likeness (QED) is 0.313. The van der Waals surface area contributed by atoms with Crippen LogP contribution in [-0.2, 0) is 20.0 Å². The van der Waals surface area contributed by atoms with E-state index in [-0.39, 0.29) is 29.8 Å². The van der Waals surface area contributed by atoms with E-state index in [0.29, 0.717) is 12.6 Å². The van der Waals surface area contributed by atoms with E-state index in [1.165, 1.54) is 31.5 Å². The Kier molecular flexibility index (Phi) is 9.96. The van der Waals surface area contributed by atoms with E-state index in [9.17, 15) is 4.39 Å². The molecule has 1 aromatic heterocycles. The lowest BCUT2D eigenvalue weighted by molar-refractivity contribution is 0.267. The number of aliphatic imine (C=N–C) groups is 1. The Hall–Kier alpha value is -1.75. The molecule has 0 radical (unpaired) electrons. The summed E-state index contributed by atoms with van der Waals surface area (Å²) in [4.78, 5) is 7.23. The highest BCUT2D eigenvalue weighted by Gasteiger charge is 2.22. The van der Waals surface area contributed by atoms with Crippen molar-refractivity contribution in [3.63, 3.8) is 0 Å². The van der Waals surface area contributed by atoms with E-state index < -0.39 is 0 Å². The zero-order chi connectivity index (χ0) is 20.6. The fraction of sp³-hybridized carbons (Fsp3) is 0.571. The van der Waals surface area contributed by atoms with Gasteiger partial charge in [-0.1, -0.05) is 19.1 Å². The summed E-state index contributed by atoms with van der Waals surface area (Å²) in [5.74, 6) is 2.27. The van der Waals surface area contributed by atoms with Gasteiger partial charge in [-0.3, -0.25) is 4.90 Å². The van der Waals surface area contributed by atoms with Crippen LogP contribution in [-0.4, -0.2) is 57.8 Å². The number of aryl methyl sites for hydroxylation is 1. The monoisotopic (exact) mass is 529 g/mol. The Morgan fingerprint density at radius 1 is 1.23 bits per heavy atom. The Bertz CT molecular complexity index is 806. The average molecular weight is 529 g/mol. The van der Waals surface area contributed by atoms with Crippen LogP contribution in [0.15, 0.2) is 29.3 Å². The molecule has 2 aromatic rings. The lowest BCUT2D eigenvalue weighted by Gasteiger charge is -2.24. The summed E-state index contributed by atoms with van der Waals surface area (Å²) in [5.41, 5.74) is 1.09. The van der Waals surface area contributed by atoms with Crippen molar-refractivity contribution < 1.29 is 4.39 Å². The first-order valence-corrected chi connectivity index (χ1v) is 10.4. The molecule has 9 heteroatoms. The molecule has 3 rings (SSSR count). The Morgan fingerprint density at radius 2 is 2.00 bits per heavy atom. The summed E-state index contributed by atoms with van der Waals surface area (Å²) < 4.78 is 15.0. The topological polar surface area (TPSA) is 70.4 Å². The van der Waals surface area contributed by atoms with Gasteiger partial charge in [0.2, 0.25) is 0 Å². The summed E-state index contributed by atoms with van der Waals surface area (Å²) in [5, 5.41) is 15.2. The van der Waals surface area contributed by atoms with Gasteiger partial charge in [-0.05, 0) is 57.0 Å². The number of likely N-dealkylation sites (tertiary alicyclic amines) is 1. The molecule has 30 heavy (non-hydrogen) atoms. The van der Waals surface area contributed by atoms with Crippen LogP contribution in [0.25, 0.3) is 0 Å². The third-order valence-electron chi connectivity index (χ3n) is 5.59. The number of guanidine groups is 1.